The van der Waals surface area contributed by atoms with E-state index in [2.05, 4.69) is 21.2 Å². The topological polar surface area (TPSA) is 66.5 Å². The van der Waals surface area contributed by atoms with Crippen molar-refractivity contribution < 1.29 is 22.0 Å². The number of hydrogen-bond donors (Lipinski definition) is 1. The number of sulfonamides is 1. The van der Waals surface area contributed by atoms with Gasteiger partial charge in [-0.1, -0.05) is 6.92 Å². The van der Waals surface area contributed by atoms with E-state index in [1.807, 2.05) is 0 Å². The Hall–Kier alpha value is -1.06. The second kappa shape index (κ2) is 6.80. The fraction of sp³-hybridized carbons (Fsp3) is 0.417. The van der Waals surface area contributed by atoms with E-state index in [9.17, 15) is 22.0 Å². The quantitative estimate of drug-likeness (QED) is 0.840. The molecule has 0 saturated carbocycles. The van der Waals surface area contributed by atoms with Crippen LogP contribution in [-0.2, 0) is 14.8 Å². The van der Waals surface area contributed by atoms with Gasteiger partial charge in [-0.25, -0.2) is 21.5 Å². The van der Waals surface area contributed by atoms with Crippen LogP contribution in [0.25, 0.3) is 0 Å². The largest absolute Gasteiger partial charge is 0.359 e. The summed E-state index contributed by atoms with van der Waals surface area (Å²) in [6.45, 7) is 1.41. The summed E-state index contributed by atoms with van der Waals surface area (Å²) in [5.41, 5.74) is 0. The van der Waals surface area contributed by atoms with Crippen molar-refractivity contribution in [2.24, 2.45) is 5.92 Å². The normalized spacial score (nSPS) is 13.3. The molecule has 1 aromatic rings. The number of benzene rings is 1. The molecule has 0 aliphatic heterocycles. The van der Waals surface area contributed by atoms with Crippen molar-refractivity contribution >= 4 is 31.9 Å². The van der Waals surface area contributed by atoms with E-state index >= 15 is 0 Å². The summed E-state index contributed by atoms with van der Waals surface area (Å²) >= 11 is 2.85. The van der Waals surface area contributed by atoms with Crippen molar-refractivity contribution in [2.75, 3.05) is 20.6 Å². The van der Waals surface area contributed by atoms with Crippen LogP contribution in [-0.4, -0.2) is 39.3 Å². The maximum atomic E-state index is 13.8. The molecule has 5 nitrogen and oxygen atoms in total. The van der Waals surface area contributed by atoms with E-state index in [1.54, 1.807) is 6.92 Å². The van der Waals surface area contributed by atoms with Crippen LogP contribution in [0.3, 0.4) is 0 Å². The zero-order chi connectivity index (χ0) is 16.4. The molecule has 0 aromatic heterocycles. The van der Waals surface area contributed by atoms with Crippen LogP contribution in [0.2, 0.25) is 0 Å². The lowest BCUT2D eigenvalue weighted by atomic mass is 10.2. The van der Waals surface area contributed by atoms with Gasteiger partial charge < -0.3 is 5.32 Å². The predicted molar refractivity (Wildman–Crippen MR) is 77.1 cm³/mol. The minimum Gasteiger partial charge on any atom is -0.359 e. The molecule has 1 rings (SSSR count). The molecule has 0 spiro atoms. The molecule has 1 aromatic carbocycles. The van der Waals surface area contributed by atoms with Gasteiger partial charge in [0.15, 0.2) is 0 Å². The third kappa shape index (κ3) is 3.98. The minimum absolute atomic E-state index is 0.134. The molecule has 1 N–H and O–H groups in total. The number of carbonyl (C=O) groups is 1. The molecule has 0 saturated heterocycles. The van der Waals surface area contributed by atoms with E-state index in [0.29, 0.717) is 6.07 Å². The van der Waals surface area contributed by atoms with Crippen molar-refractivity contribution in [3.63, 3.8) is 0 Å². The number of halogens is 3. The molecule has 0 aliphatic rings. The van der Waals surface area contributed by atoms with Gasteiger partial charge in [0.05, 0.1) is 0 Å². The Morgan fingerprint density at radius 2 is 2.00 bits per heavy atom. The van der Waals surface area contributed by atoms with Crippen molar-refractivity contribution in [1.82, 2.24) is 9.62 Å². The molecule has 1 atom stereocenters. The fourth-order valence-corrected chi connectivity index (χ4v) is 4.11. The van der Waals surface area contributed by atoms with E-state index in [0.717, 1.165) is 10.4 Å². The van der Waals surface area contributed by atoms with Gasteiger partial charge in [-0.2, -0.15) is 0 Å². The average molecular weight is 385 g/mol. The van der Waals surface area contributed by atoms with Crippen molar-refractivity contribution in [3.05, 3.63) is 28.2 Å². The Bertz CT molecular complexity index is 629. The molecule has 9 heteroatoms. The third-order valence-electron chi connectivity index (χ3n) is 2.86. The van der Waals surface area contributed by atoms with Crippen molar-refractivity contribution in [3.8, 4) is 0 Å². The van der Waals surface area contributed by atoms with Crippen molar-refractivity contribution in [2.45, 2.75) is 11.8 Å². The highest BCUT2D eigenvalue weighted by Crippen LogP contribution is 2.28. The van der Waals surface area contributed by atoms with Gasteiger partial charge in [-0.3, -0.25) is 4.79 Å². The summed E-state index contributed by atoms with van der Waals surface area (Å²) in [7, 11) is -1.53. The van der Waals surface area contributed by atoms with Crippen LogP contribution in [0.1, 0.15) is 6.92 Å². The average Bonchev–Trinajstić information content (AvgIpc) is 2.35. The number of nitrogens with zero attached hydrogens (tertiary/aromatic N) is 1. The zero-order valence-corrected chi connectivity index (χ0v) is 14.1. The van der Waals surface area contributed by atoms with Gasteiger partial charge >= 0.3 is 0 Å². The maximum absolute atomic E-state index is 13.8. The van der Waals surface area contributed by atoms with E-state index in [-0.39, 0.29) is 16.9 Å². The minimum atomic E-state index is -4.19. The molecule has 0 radical (unpaired) electrons. The van der Waals surface area contributed by atoms with Gasteiger partial charge in [-0.05, 0) is 22.0 Å². The Balaban J connectivity index is 3.15. The first-order chi connectivity index (χ1) is 9.61. The van der Waals surface area contributed by atoms with Gasteiger partial charge in [-0.15, -0.1) is 0 Å². The summed E-state index contributed by atoms with van der Waals surface area (Å²) in [5.74, 6) is -3.03. The molecule has 118 valence electrons. The monoisotopic (exact) mass is 384 g/mol. The van der Waals surface area contributed by atoms with Gasteiger partial charge in [0.25, 0.3) is 0 Å². The lowest BCUT2D eigenvalue weighted by Gasteiger charge is -2.21. The molecule has 1 unspecified atom stereocenters. The Morgan fingerprint density at radius 3 is 2.48 bits per heavy atom. The second-order valence-electron chi connectivity index (χ2n) is 4.50. The zero-order valence-electron chi connectivity index (χ0n) is 11.7. The first kappa shape index (κ1) is 18.0. The van der Waals surface area contributed by atoms with Crippen LogP contribution < -0.4 is 5.32 Å². The first-order valence-corrected chi connectivity index (χ1v) is 8.17. The number of amides is 1. The molecule has 21 heavy (non-hydrogen) atoms. The van der Waals surface area contributed by atoms with Crippen LogP contribution in [0.4, 0.5) is 8.78 Å². The molecule has 0 heterocycles. The lowest BCUT2D eigenvalue weighted by Crippen LogP contribution is -2.37. The molecule has 0 bridgehead atoms. The van der Waals surface area contributed by atoms with Gasteiger partial charge in [0.1, 0.15) is 16.5 Å². The van der Waals surface area contributed by atoms with Gasteiger partial charge in [0, 0.05) is 37.1 Å². The van der Waals surface area contributed by atoms with Crippen LogP contribution in [0, 0.1) is 17.6 Å². The Morgan fingerprint density at radius 1 is 1.43 bits per heavy atom. The second-order valence-corrected chi connectivity index (χ2v) is 7.34. The standard InChI is InChI=1S/C12H15BrF2N2O3S/c1-7(12(18)16-2)6-17(3)21(19,20)11-9(13)4-8(14)5-10(11)15/h4-5,7H,6H2,1-3H3,(H,16,18). The predicted octanol–water partition coefficient (Wildman–Crippen LogP) is 1.73. The number of hydrogen-bond acceptors (Lipinski definition) is 3. The third-order valence-corrected chi connectivity index (χ3v) is 5.64. The number of nitrogens with one attached hydrogen (secondary N) is 1. The maximum Gasteiger partial charge on any atom is 0.246 e. The van der Waals surface area contributed by atoms with E-state index < -0.39 is 32.5 Å². The highest BCUT2D eigenvalue weighted by molar-refractivity contribution is 9.10. The summed E-state index contributed by atoms with van der Waals surface area (Å²) in [5, 5.41) is 2.40. The summed E-state index contributed by atoms with van der Waals surface area (Å²) < 4.78 is 52.1. The summed E-state index contributed by atoms with van der Waals surface area (Å²) in [6.07, 6.45) is 0. The highest BCUT2D eigenvalue weighted by atomic mass is 79.9. The molecular weight excluding hydrogens is 370 g/mol. The summed E-state index contributed by atoms with van der Waals surface area (Å²) in [4.78, 5) is 10.8. The van der Waals surface area contributed by atoms with Gasteiger partial charge in [0.2, 0.25) is 15.9 Å². The lowest BCUT2D eigenvalue weighted by molar-refractivity contribution is -0.124. The molecule has 0 fully saturated rings. The van der Waals surface area contributed by atoms with Crippen molar-refractivity contribution in [1.29, 1.82) is 0 Å². The number of rotatable bonds is 5. The van der Waals surface area contributed by atoms with E-state index in [1.165, 1.54) is 14.1 Å². The fourth-order valence-electron chi connectivity index (χ4n) is 1.74. The van der Waals surface area contributed by atoms with Crippen LogP contribution in [0.15, 0.2) is 21.5 Å². The van der Waals surface area contributed by atoms with Crippen LogP contribution >= 0.6 is 15.9 Å². The first-order valence-electron chi connectivity index (χ1n) is 5.93. The molecular formula is C12H15BrF2N2O3S. The molecule has 1 amide bonds. The highest BCUT2D eigenvalue weighted by Gasteiger charge is 2.29. The van der Waals surface area contributed by atoms with Crippen LogP contribution in [0.5, 0.6) is 0 Å². The molecule has 0 aliphatic carbocycles. The Kier molecular flexibility index (Phi) is 5.83. The van der Waals surface area contributed by atoms with E-state index in [4.69, 9.17) is 0 Å². The summed E-state index contributed by atoms with van der Waals surface area (Å²) in [6, 6.07) is 1.36. The number of carbonyl (C=O) groups excluding carboxylic acids is 1. The smallest absolute Gasteiger partial charge is 0.246 e. The Labute approximate surface area is 130 Å². The SMILES string of the molecule is CNC(=O)C(C)CN(C)S(=O)(=O)c1c(F)cc(F)cc1Br.